The van der Waals surface area contributed by atoms with E-state index in [1.165, 1.54) is 5.56 Å². The Bertz CT molecular complexity index is 531. The van der Waals surface area contributed by atoms with Crippen LogP contribution in [0.5, 0.6) is 0 Å². The van der Waals surface area contributed by atoms with Crippen LogP contribution in [0.15, 0.2) is 28.7 Å². The van der Waals surface area contributed by atoms with Crippen molar-refractivity contribution in [2.24, 2.45) is 0 Å². The van der Waals surface area contributed by atoms with Crippen LogP contribution >= 0.6 is 11.6 Å². The Morgan fingerprint density at radius 2 is 2.16 bits per heavy atom. The standard InChI is InChI=1S/C15H19ClN2O/c1-4-14(12-6-5-7-13(16)8-12)17-9-15-18-10(2)11(3)19-15/h5-8,14,17H,4,9H2,1-3H3. The Labute approximate surface area is 119 Å². The maximum atomic E-state index is 6.03. The topological polar surface area (TPSA) is 38.1 Å². The molecule has 1 aromatic heterocycles. The van der Waals surface area contributed by atoms with Crippen molar-refractivity contribution in [1.82, 2.24) is 10.3 Å². The molecule has 1 N–H and O–H groups in total. The van der Waals surface area contributed by atoms with Gasteiger partial charge in [0.25, 0.3) is 0 Å². The van der Waals surface area contributed by atoms with E-state index in [2.05, 4.69) is 23.3 Å². The summed E-state index contributed by atoms with van der Waals surface area (Å²) in [7, 11) is 0. The number of nitrogens with one attached hydrogen (secondary N) is 1. The molecule has 0 aliphatic carbocycles. The molecular weight excluding hydrogens is 260 g/mol. The monoisotopic (exact) mass is 278 g/mol. The van der Waals surface area contributed by atoms with Crippen LogP contribution in [-0.2, 0) is 6.54 Å². The number of benzene rings is 1. The largest absolute Gasteiger partial charge is 0.444 e. The third-order valence-corrected chi connectivity index (χ3v) is 3.47. The molecule has 0 aliphatic rings. The summed E-state index contributed by atoms with van der Waals surface area (Å²) in [5.41, 5.74) is 2.14. The summed E-state index contributed by atoms with van der Waals surface area (Å²) < 4.78 is 5.57. The highest BCUT2D eigenvalue weighted by Crippen LogP contribution is 2.21. The summed E-state index contributed by atoms with van der Waals surface area (Å²) in [6.07, 6.45) is 0.985. The first-order valence-electron chi connectivity index (χ1n) is 6.52. The number of oxazole rings is 1. The highest BCUT2D eigenvalue weighted by Gasteiger charge is 2.11. The number of hydrogen-bond donors (Lipinski definition) is 1. The van der Waals surface area contributed by atoms with E-state index < -0.39 is 0 Å². The third-order valence-electron chi connectivity index (χ3n) is 3.23. The lowest BCUT2D eigenvalue weighted by atomic mass is 10.0. The van der Waals surface area contributed by atoms with Gasteiger partial charge in [-0.1, -0.05) is 30.7 Å². The van der Waals surface area contributed by atoms with Crippen LogP contribution in [0.25, 0.3) is 0 Å². The van der Waals surface area contributed by atoms with Crippen molar-refractivity contribution in [1.29, 1.82) is 0 Å². The molecule has 1 aromatic carbocycles. The molecule has 4 heteroatoms. The number of nitrogens with zero attached hydrogens (tertiary/aromatic N) is 1. The zero-order valence-corrected chi connectivity index (χ0v) is 12.3. The van der Waals surface area contributed by atoms with Crippen LogP contribution in [0.3, 0.4) is 0 Å². The van der Waals surface area contributed by atoms with Gasteiger partial charge in [-0.2, -0.15) is 0 Å². The molecule has 0 saturated heterocycles. The first-order chi connectivity index (χ1) is 9.10. The van der Waals surface area contributed by atoms with E-state index in [9.17, 15) is 0 Å². The molecule has 102 valence electrons. The van der Waals surface area contributed by atoms with Gasteiger partial charge < -0.3 is 9.73 Å². The van der Waals surface area contributed by atoms with E-state index >= 15 is 0 Å². The Hall–Kier alpha value is -1.32. The van der Waals surface area contributed by atoms with E-state index in [0.29, 0.717) is 6.54 Å². The van der Waals surface area contributed by atoms with Crippen LogP contribution < -0.4 is 5.32 Å². The zero-order valence-electron chi connectivity index (χ0n) is 11.5. The van der Waals surface area contributed by atoms with Gasteiger partial charge in [0.15, 0.2) is 0 Å². The minimum Gasteiger partial charge on any atom is -0.444 e. The summed E-state index contributed by atoms with van der Waals surface area (Å²) in [5.74, 6) is 1.61. The average molecular weight is 279 g/mol. The van der Waals surface area contributed by atoms with Crippen molar-refractivity contribution in [2.75, 3.05) is 0 Å². The van der Waals surface area contributed by atoms with Crippen molar-refractivity contribution in [3.63, 3.8) is 0 Å². The van der Waals surface area contributed by atoms with Crippen molar-refractivity contribution in [2.45, 2.75) is 39.8 Å². The van der Waals surface area contributed by atoms with E-state index in [-0.39, 0.29) is 6.04 Å². The minimum absolute atomic E-state index is 0.256. The summed E-state index contributed by atoms with van der Waals surface area (Å²) in [6.45, 7) is 6.65. The Morgan fingerprint density at radius 1 is 1.37 bits per heavy atom. The van der Waals surface area contributed by atoms with E-state index in [1.54, 1.807) is 0 Å². The first-order valence-corrected chi connectivity index (χ1v) is 6.89. The second-order valence-corrected chi connectivity index (χ2v) is 5.08. The molecule has 0 bridgehead atoms. The zero-order chi connectivity index (χ0) is 13.8. The summed E-state index contributed by atoms with van der Waals surface area (Å²) in [6, 6.07) is 8.19. The van der Waals surface area contributed by atoms with Crippen LogP contribution in [0.2, 0.25) is 5.02 Å². The van der Waals surface area contributed by atoms with Gasteiger partial charge in [-0.3, -0.25) is 0 Å². The highest BCUT2D eigenvalue weighted by molar-refractivity contribution is 6.30. The first kappa shape index (κ1) is 14.1. The fourth-order valence-corrected chi connectivity index (χ4v) is 2.25. The van der Waals surface area contributed by atoms with Crippen molar-refractivity contribution >= 4 is 11.6 Å². The minimum atomic E-state index is 0.256. The van der Waals surface area contributed by atoms with Gasteiger partial charge >= 0.3 is 0 Å². The highest BCUT2D eigenvalue weighted by atomic mass is 35.5. The van der Waals surface area contributed by atoms with Gasteiger partial charge in [0, 0.05) is 11.1 Å². The van der Waals surface area contributed by atoms with Gasteiger partial charge in [0.1, 0.15) is 5.76 Å². The van der Waals surface area contributed by atoms with Crippen LogP contribution in [0, 0.1) is 13.8 Å². The summed E-state index contributed by atoms with van der Waals surface area (Å²) in [4.78, 5) is 4.37. The molecule has 0 aliphatic heterocycles. The average Bonchev–Trinajstić information content (AvgIpc) is 2.70. The fourth-order valence-electron chi connectivity index (χ4n) is 2.05. The number of rotatable bonds is 5. The van der Waals surface area contributed by atoms with Gasteiger partial charge in [-0.25, -0.2) is 4.98 Å². The SMILES string of the molecule is CCC(NCc1nc(C)c(C)o1)c1cccc(Cl)c1. The molecule has 2 aromatic rings. The second-order valence-electron chi connectivity index (χ2n) is 4.65. The van der Waals surface area contributed by atoms with Crippen LogP contribution in [-0.4, -0.2) is 4.98 Å². The predicted octanol–water partition coefficient (Wildman–Crippen LogP) is 4.19. The molecule has 2 rings (SSSR count). The fraction of sp³-hybridized carbons (Fsp3) is 0.400. The lowest BCUT2D eigenvalue weighted by Gasteiger charge is -2.16. The van der Waals surface area contributed by atoms with Gasteiger partial charge in [0.05, 0.1) is 12.2 Å². The second kappa shape index (κ2) is 6.22. The Kier molecular flexibility index (Phi) is 4.61. The molecule has 19 heavy (non-hydrogen) atoms. The molecule has 0 spiro atoms. The molecule has 1 heterocycles. The number of aromatic nitrogens is 1. The van der Waals surface area contributed by atoms with E-state index in [1.807, 2.05) is 32.0 Å². The maximum absolute atomic E-state index is 6.03. The molecule has 0 amide bonds. The van der Waals surface area contributed by atoms with Gasteiger partial charge in [-0.15, -0.1) is 0 Å². The normalized spacial score (nSPS) is 12.6. The summed E-state index contributed by atoms with van der Waals surface area (Å²) in [5, 5.41) is 4.22. The van der Waals surface area contributed by atoms with Crippen molar-refractivity contribution in [3.05, 3.63) is 52.2 Å². The Morgan fingerprint density at radius 3 is 2.74 bits per heavy atom. The molecule has 0 radical (unpaired) electrons. The van der Waals surface area contributed by atoms with E-state index in [0.717, 1.165) is 28.8 Å². The Balaban J connectivity index is 2.03. The molecule has 1 atom stereocenters. The van der Waals surface area contributed by atoms with Crippen LogP contribution in [0.1, 0.15) is 42.3 Å². The van der Waals surface area contributed by atoms with Gasteiger partial charge in [0.2, 0.25) is 5.89 Å². The molecule has 1 unspecified atom stereocenters. The number of hydrogen-bond acceptors (Lipinski definition) is 3. The van der Waals surface area contributed by atoms with Crippen molar-refractivity contribution in [3.8, 4) is 0 Å². The lowest BCUT2D eigenvalue weighted by molar-refractivity contribution is 0.420. The smallest absolute Gasteiger partial charge is 0.208 e. The lowest BCUT2D eigenvalue weighted by Crippen LogP contribution is -2.20. The molecule has 0 fully saturated rings. The molecule has 3 nitrogen and oxygen atoms in total. The molecular formula is C15H19ClN2O. The quantitative estimate of drug-likeness (QED) is 0.891. The van der Waals surface area contributed by atoms with E-state index in [4.69, 9.17) is 16.0 Å². The van der Waals surface area contributed by atoms with Crippen LogP contribution in [0.4, 0.5) is 0 Å². The predicted molar refractivity (Wildman–Crippen MR) is 77.3 cm³/mol. The number of halogens is 1. The third kappa shape index (κ3) is 3.58. The summed E-state index contributed by atoms with van der Waals surface area (Å²) >= 11 is 6.03. The van der Waals surface area contributed by atoms with Gasteiger partial charge in [-0.05, 0) is 38.0 Å². The van der Waals surface area contributed by atoms with Crippen molar-refractivity contribution < 1.29 is 4.42 Å². The maximum Gasteiger partial charge on any atom is 0.208 e. The molecule has 0 saturated carbocycles. The number of aryl methyl sites for hydroxylation is 2.